The van der Waals surface area contributed by atoms with Crippen molar-refractivity contribution >= 4 is 16.2 Å². The van der Waals surface area contributed by atoms with Crippen LogP contribution < -0.4 is 0 Å². The zero-order valence-corrected chi connectivity index (χ0v) is 7.31. The summed E-state index contributed by atoms with van der Waals surface area (Å²) in [6.45, 7) is 4.15. The number of ether oxygens (including phenoxy) is 1. The Morgan fingerprint density at radius 1 is 1.70 bits per heavy atom. The first kappa shape index (κ1) is 9.43. The van der Waals surface area contributed by atoms with Gasteiger partial charge in [0.25, 0.3) is 0 Å². The van der Waals surface area contributed by atoms with Gasteiger partial charge in [-0.25, -0.2) is 4.79 Å². The minimum atomic E-state index is -0.253. The number of hydrogen-bond acceptors (Lipinski definition) is 2. The molecule has 0 unspecified atom stereocenters. The first-order chi connectivity index (χ1) is 4.72. The van der Waals surface area contributed by atoms with Crippen molar-refractivity contribution in [2.75, 3.05) is 6.61 Å². The maximum absolute atomic E-state index is 10.8. The molecule has 0 saturated heterocycles. The van der Waals surface area contributed by atoms with E-state index in [2.05, 4.69) is 10.2 Å². The predicted octanol–water partition coefficient (Wildman–Crippen LogP) is 1.01. The maximum Gasteiger partial charge on any atom is 0.332 e. The van der Waals surface area contributed by atoms with Gasteiger partial charge in [0.2, 0.25) is 0 Å². The van der Waals surface area contributed by atoms with E-state index in [9.17, 15) is 4.79 Å². The third kappa shape index (κ3) is 3.45. The molecule has 0 N–H and O–H groups in total. The first-order valence-electron chi connectivity index (χ1n) is 3.23. The Morgan fingerprint density at radius 2 is 2.30 bits per heavy atom. The van der Waals surface area contributed by atoms with Crippen LogP contribution in [-0.2, 0) is 9.53 Å². The molecule has 0 aliphatic carbocycles. The summed E-state index contributed by atoms with van der Waals surface area (Å²) >= 11 is 0. The molecule has 55 valence electrons. The van der Waals surface area contributed by atoms with Crippen molar-refractivity contribution in [3.63, 3.8) is 0 Å². The fraction of sp³-hybridized carbons (Fsp3) is 0.571. The molecule has 3 radical (unpaired) electrons. The molecule has 0 atom stereocenters. The third-order valence-electron chi connectivity index (χ3n) is 0.976. The largest absolute Gasteiger partial charge is 0.462 e. The average molecular weight is 155 g/mol. The van der Waals surface area contributed by atoms with E-state index in [-0.39, 0.29) is 5.97 Å². The number of carbonyl (C=O) groups is 1. The summed E-state index contributed by atoms with van der Waals surface area (Å²) in [5.41, 5.74) is 2.14. The van der Waals surface area contributed by atoms with E-state index in [1.54, 1.807) is 12.6 Å². The molecule has 0 aromatic rings. The van der Waals surface area contributed by atoms with Gasteiger partial charge in [0.05, 0.1) is 16.8 Å². The summed E-state index contributed by atoms with van der Waals surface area (Å²) in [6.07, 6.45) is 0.862. The zero-order valence-electron chi connectivity index (χ0n) is 6.31. The van der Waals surface area contributed by atoms with Gasteiger partial charge in [-0.3, -0.25) is 0 Å². The number of esters is 1. The molecule has 0 aromatic carbocycles. The highest BCUT2D eigenvalue weighted by molar-refractivity contribution is 6.19. The van der Waals surface area contributed by atoms with Crippen LogP contribution in [0, 0.1) is 0 Å². The fourth-order valence-electron chi connectivity index (χ4n) is 0.368. The van der Waals surface area contributed by atoms with Gasteiger partial charge < -0.3 is 4.74 Å². The molecular formula is C7H11O2Si. The lowest BCUT2D eigenvalue weighted by Gasteiger charge is -2.00. The highest BCUT2D eigenvalue weighted by atomic mass is 28.1. The maximum atomic E-state index is 10.8. The van der Waals surface area contributed by atoms with Gasteiger partial charge in [0.15, 0.2) is 0 Å². The molecule has 2 nitrogen and oxygen atoms in total. The van der Waals surface area contributed by atoms with Crippen molar-refractivity contribution in [1.29, 1.82) is 0 Å². The first-order valence-corrected chi connectivity index (χ1v) is 3.81. The molecule has 0 aliphatic heterocycles. The number of rotatable bonds is 3. The van der Waals surface area contributed by atoms with Crippen LogP contribution in [0.5, 0.6) is 0 Å². The summed E-state index contributed by atoms with van der Waals surface area (Å²) in [6, 6.07) is 0. The van der Waals surface area contributed by atoms with E-state index >= 15 is 0 Å². The van der Waals surface area contributed by atoms with Crippen molar-refractivity contribution in [3.8, 4) is 0 Å². The molecule has 0 rings (SSSR count). The molecule has 0 bridgehead atoms. The minimum absolute atomic E-state index is 0.253. The number of hydrogen-bond donors (Lipinski definition) is 0. The van der Waals surface area contributed by atoms with Crippen molar-refractivity contribution in [1.82, 2.24) is 0 Å². The van der Waals surface area contributed by atoms with Crippen LogP contribution in [-0.4, -0.2) is 22.8 Å². The van der Waals surface area contributed by atoms with Crippen molar-refractivity contribution in [3.05, 3.63) is 11.3 Å². The lowest BCUT2D eigenvalue weighted by atomic mass is 10.4. The second-order valence-corrected chi connectivity index (χ2v) is 2.25. The standard InChI is InChI=1S/C7H11O2Si/c1-3-4-9-7(8)6(2)5-10/h5H,3-4H2,1-2H3/b6-5+. The highest BCUT2D eigenvalue weighted by Gasteiger charge is 2.01. The summed E-state index contributed by atoms with van der Waals surface area (Å²) in [7, 11) is 3.09. The fourth-order valence-corrected chi connectivity index (χ4v) is 0.485. The molecule has 0 fully saturated rings. The van der Waals surface area contributed by atoms with Crippen LogP contribution in [0.3, 0.4) is 0 Å². The van der Waals surface area contributed by atoms with Gasteiger partial charge in [-0.05, 0) is 13.3 Å². The molecule has 3 heteroatoms. The Hall–Kier alpha value is -0.573. The SMILES string of the molecule is CCCOC(=O)/C(C)=C/[Si]. The summed E-state index contributed by atoms with van der Waals surface area (Å²) in [5.74, 6) is -0.253. The molecular weight excluding hydrogens is 144 g/mol. The smallest absolute Gasteiger partial charge is 0.332 e. The molecule has 0 aliphatic rings. The molecule has 0 spiro atoms. The number of carbonyl (C=O) groups excluding carboxylic acids is 1. The zero-order chi connectivity index (χ0) is 7.98. The Balaban J connectivity index is 3.63. The molecule has 0 aromatic heterocycles. The Kier molecular flexibility index (Phi) is 4.93. The summed E-state index contributed by atoms with van der Waals surface area (Å²) in [4.78, 5) is 10.8. The van der Waals surface area contributed by atoms with E-state index in [0.29, 0.717) is 12.2 Å². The molecule has 0 heterocycles. The van der Waals surface area contributed by atoms with E-state index in [1.807, 2.05) is 6.92 Å². The van der Waals surface area contributed by atoms with Crippen LogP contribution in [0.4, 0.5) is 0 Å². The Morgan fingerprint density at radius 3 is 2.70 bits per heavy atom. The van der Waals surface area contributed by atoms with E-state index in [1.165, 1.54) is 0 Å². The van der Waals surface area contributed by atoms with Gasteiger partial charge in [-0.15, -0.1) is 0 Å². The lowest BCUT2D eigenvalue weighted by molar-refractivity contribution is -0.138. The second kappa shape index (κ2) is 5.23. The molecule has 0 saturated carbocycles. The van der Waals surface area contributed by atoms with E-state index in [0.717, 1.165) is 6.42 Å². The average Bonchev–Trinajstić information content (AvgIpc) is 1.98. The highest BCUT2D eigenvalue weighted by Crippen LogP contribution is 1.94. The predicted molar refractivity (Wildman–Crippen MR) is 40.8 cm³/mol. The van der Waals surface area contributed by atoms with Gasteiger partial charge in [0.1, 0.15) is 0 Å². The van der Waals surface area contributed by atoms with Crippen LogP contribution in [0.15, 0.2) is 11.3 Å². The quantitative estimate of drug-likeness (QED) is 0.345. The van der Waals surface area contributed by atoms with Crippen molar-refractivity contribution in [2.24, 2.45) is 0 Å². The summed E-state index contributed by atoms with van der Waals surface area (Å²) < 4.78 is 4.81. The van der Waals surface area contributed by atoms with Gasteiger partial charge in [0, 0.05) is 5.57 Å². The van der Waals surface area contributed by atoms with Crippen LogP contribution >= 0.6 is 0 Å². The van der Waals surface area contributed by atoms with E-state index < -0.39 is 0 Å². The Labute approximate surface area is 64.7 Å². The van der Waals surface area contributed by atoms with Crippen molar-refractivity contribution in [2.45, 2.75) is 20.3 Å². The molecule has 10 heavy (non-hydrogen) atoms. The topological polar surface area (TPSA) is 26.3 Å². The third-order valence-corrected chi connectivity index (χ3v) is 1.41. The normalized spacial score (nSPS) is 11.3. The Bertz CT molecular complexity index is 141. The minimum Gasteiger partial charge on any atom is -0.462 e. The van der Waals surface area contributed by atoms with Crippen LogP contribution in [0.1, 0.15) is 20.3 Å². The van der Waals surface area contributed by atoms with Gasteiger partial charge in [-0.1, -0.05) is 12.6 Å². The molecule has 0 amide bonds. The lowest BCUT2D eigenvalue weighted by Crippen LogP contribution is -2.06. The van der Waals surface area contributed by atoms with Gasteiger partial charge in [-0.2, -0.15) is 0 Å². The van der Waals surface area contributed by atoms with Crippen LogP contribution in [0.25, 0.3) is 0 Å². The second-order valence-electron chi connectivity index (χ2n) is 1.96. The monoisotopic (exact) mass is 155 g/mol. The van der Waals surface area contributed by atoms with Crippen molar-refractivity contribution < 1.29 is 9.53 Å². The van der Waals surface area contributed by atoms with E-state index in [4.69, 9.17) is 4.74 Å². The van der Waals surface area contributed by atoms with Gasteiger partial charge >= 0.3 is 5.97 Å². The summed E-state index contributed by atoms with van der Waals surface area (Å²) in [5, 5.41) is 0. The van der Waals surface area contributed by atoms with Crippen LogP contribution in [0.2, 0.25) is 0 Å².